The van der Waals surface area contributed by atoms with Gasteiger partial charge in [0.1, 0.15) is 0 Å². The number of nitrogens with zero attached hydrogens (tertiary/aromatic N) is 2. The normalized spacial score (nSPS) is 12.2. The maximum absolute atomic E-state index is 12.1. The molecule has 0 unspecified atom stereocenters. The van der Waals surface area contributed by atoms with Gasteiger partial charge in [-0.15, -0.1) is 24.0 Å². The van der Waals surface area contributed by atoms with Crippen molar-refractivity contribution >= 4 is 41.7 Å². The van der Waals surface area contributed by atoms with Crippen molar-refractivity contribution in [2.45, 2.75) is 12.6 Å². The minimum Gasteiger partial charge on any atom is -0.356 e. The summed E-state index contributed by atoms with van der Waals surface area (Å²) in [6.07, 6.45) is -1.47. The molecular weight excluding hydrogens is 404 g/mol. The second-order valence-electron chi connectivity index (χ2n) is 4.13. The van der Waals surface area contributed by atoms with Crippen LogP contribution in [0.1, 0.15) is 6.42 Å². The van der Waals surface area contributed by atoms with E-state index in [-0.39, 0.29) is 24.0 Å². The molecule has 0 spiro atoms. The molecule has 0 aromatic carbocycles. The van der Waals surface area contributed by atoms with Crippen molar-refractivity contribution < 1.29 is 13.2 Å². The van der Waals surface area contributed by atoms with Crippen LogP contribution in [0.4, 0.5) is 13.2 Å². The van der Waals surface area contributed by atoms with E-state index in [1.54, 1.807) is 18.8 Å². The van der Waals surface area contributed by atoms with Gasteiger partial charge in [0.2, 0.25) is 0 Å². The van der Waals surface area contributed by atoms with E-state index in [9.17, 15) is 13.2 Å². The van der Waals surface area contributed by atoms with Crippen LogP contribution in [-0.4, -0.2) is 69.3 Å². The molecule has 0 aliphatic heterocycles. The predicted octanol–water partition coefficient (Wildman–Crippen LogP) is 2.02. The lowest BCUT2D eigenvalue weighted by atomic mass is 10.4. The van der Waals surface area contributed by atoms with E-state index < -0.39 is 12.7 Å². The van der Waals surface area contributed by atoms with Crippen LogP contribution < -0.4 is 10.6 Å². The first-order chi connectivity index (χ1) is 8.89. The van der Waals surface area contributed by atoms with Crippen LogP contribution in [0.5, 0.6) is 0 Å². The van der Waals surface area contributed by atoms with E-state index in [2.05, 4.69) is 15.6 Å². The van der Waals surface area contributed by atoms with Gasteiger partial charge in [-0.3, -0.25) is 9.89 Å². The summed E-state index contributed by atoms with van der Waals surface area (Å²) in [5.74, 6) is 1.67. The average molecular weight is 428 g/mol. The van der Waals surface area contributed by atoms with E-state index in [1.165, 1.54) is 11.9 Å². The van der Waals surface area contributed by atoms with Crippen LogP contribution in [0.15, 0.2) is 4.99 Å². The molecule has 0 saturated carbocycles. The first-order valence-corrected chi connectivity index (χ1v) is 7.47. The predicted molar refractivity (Wildman–Crippen MR) is 91.3 cm³/mol. The van der Waals surface area contributed by atoms with Crippen LogP contribution in [-0.2, 0) is 0 Å². The summed E-state index contributed by atoms with van der Waals surface area (Å²) in [6, 6.07) is 0. The molecule has 9 heteroatoms. The van der Waals surface area contributed by atoms with Gasteiger partial charge in [-0.25, -0.2) is 0 Å². The van der Waals surface area contributed by atoms with Gasteiger partial charge in [0.25, 0.3) is 0 Å². The Balaban J connectivity index is 0. The lowest BCUT2D eigenvalue weighted by molar-refractivity contribution is -0.143. The Hall–Kier alpha value is 0.1000. The van der Waals surface area contributed by atoms with Crippen LogP contribution in [0.25, 0.3) is 0 Å². The Bertz CT molecular complexity index is 265. The Kier molecular flexibility index (Phi) is 14.3. The molecule has 0 aliphatic carbocycles. The molecule has 0 saturated heterocycles. The molecule has 0 radical (unpaired) electrons. The second-order valence-corrected chi connectivity index (χ2v) is 5.11. The molecule has 0 heterocycles. The number of hydrogen-bond donors (Lipinski definition) is 2. The van der Waals surface area contributed by atoms with Gasteiger partial charge in [0.15, 0.2) is 5.96 Å². The Morgan fingerprint density at radius 1 is 1.25 bits per heavy atom. The molecule has 0 rings (SSSR count). The first kappa shape index (κ1) is 22.4. The number of aliphatic imine (C=N–C) groups is 1. The number of alkyl halides is 3. The van der Waals surface area contributed by atoms with Crippen LogP contribution in [0.2, 0.25) is 0 Å². The molecule has 0 aliphatic rings. The summed E-state index contributed by atoms with van der Waals surface area (Å²) < 4.78 is 36.2. The van der Waals surface area contributed by atoms with Crippen molar-refractivity contribution in [2.75, 3.05) is 52.3 Å². The number of hydrogen-bond acceptors (Lipinski definition) is 3. The van der Waals surface area contributed by atoms with Crippen LogP contribution >= 0.6 is 35.7 Å². The summed E-state index contributed by atoms with van der Waals surface area (Å²) in [5, 5.41) is 6.19. The Morgan fingerprint density at radius 3 is 2.35 bits per heavy atom. The molecule has 0 fully saturated rings. The fourth-order valence-corrected chi connectivity index (χ4v) is 1.74. The highest BCUT2D eigenvalue weighted by molar-refractivity contribution is 14.0. The third-order valence-corrected chi connectivity index (χ3v) is 2.89. The fourth-order valence-electron chi connectivity index (χ4n) is 1.43. The summed E-state index contributed by atoms with van der Waals surface area (Å²) in [7, 11) is 3.14. The molecular formula is C11H24F3IN4S. The van der Waals surface area contributed by atoms with Crippen molar-refractivity contribution in [3.63, 3.8) is 0 Å². The summed E-state index contributed by atoms with van der Waals surface area (Å²) in [4.78, 5) is 5.30. The zero-order chi connectivity index (χ0) is 14.7. The van der Waals surface area contributed by atoms with E-state index in [1.807, 2.05) is 6.26 Å². The van der Waals surface area contributed by atoms with Crippen molar-refractivity contribution in [3.8, 4) is 0 Å². The van der Waals surface area contributed by atoms with Gasteiger partial charge in [-0.1, -0.05) is 0 Å². The maximum atomic E-state index is 12.1. The minimum atomic E-state index is -4.13. The molecule has 0 aromatic heterocycles. The van der Waals surface area contributed by atoms with Gasteiger partial charge in [-0.05, 0) is 26.3 Å². The summed E-state index contributed by atoms with van der Waals surface area (Å²) >= 11 is 1.73. The van der Waals surface area contributed by atoms with Gasteiger partial charge < -0.3 is 10.6 Å². The fraction of sp³-hybridized carbons (Fsp3) is 0.909. The van der Waals surface area contributed by atoms with Crippen molar-refractivity contribution in [1.29, 1.82) is 0 Å². The third-order valence-electron chi connectivity index (χ3n) is 2.28. The monoisotopic (exact) mass is 428 g/mol. The Morgan fingerprint density at radius 2 is 1.85 bits per heavy atom. The van der Waals surface area contributed by atoms with Crippen LogP contribution in [0.3, 0.4) is 0 Å². The molecule has 0 atom stereocenters. The van der Waals surface area contributed by atoms with Gasteiger partial charge >= 0.3 is 6.18 Å². The molecule has 0 bridgehead atoms. The zero-order valence-electron chi connectivity index (χ0n) is 12.1. The molecule has 0 amide bonds. The minimum absolute atomic E-state index is 0. The standard InChI is InChI=1S/C11H23F3N4S.HI/c1-15-10(17-6-8-19-3)16-5-4-7-18(2)9-11(12,13)14;/h4-9H2,1-3H3,(H2,15,16,17);1H. The summed E-state index contributed by atoms with van der Waals surface area (Å²) in [5.41, 5.74) is 0. The van der Waals surface area contributed by atoms with Crippen molar-refractivity contribution in [1.82, 2.24) is 15.5 Å². The molecule has 0 aromatic rings. The number of thioether (sulfide) groups is 1. The highest BCUT2D eigenvalue weighted by Gasteiger charge is 2.28. The van der Waals surface area contributed by atoms with Crippen LogP contribution in [0, 0.1) is 0 Å². The zero-order valence-corrected chi connectivity index (χ0v) is 15.2. The number of nitrogens with one attached hydrogen (secondary N) is 2. The first-order valence-electron chi connectivity index (χ1n) is 6.08. The SMILES string of the molecule is CN=C(NCCCN(C)CC(F)(F)F)NCCSC.I. The van der Waals surface area contributed by atoms with Gasteiger partial charge in [-0.2, -0.15) is 24.9 Å². The molecule has 2 N–H and O–H groups in total. The molecule has 122 valence electrons. The van der Waals surface area contributed by atoms with E-state index in [0.29, 0.717) is 25.5 Å². The topological polar surface area (TPSA) is 39.7 Å². The smallest absolute Gasteiger partial charge is 0.356 e. The largest absolute Gasteiger partial charge is 0.401 e. The second kappa shape index (κ2) is 12.8. The van der Waals surface area contributed by atoms with Gasteiger partial charge in [0, 0.05) is 25.9 Å². The average Bonchev–Trinajstić information content (AvgIpc) is 2.30. The lowest BCUT2D eigenvalue weighted by Gasteiger charge is -2.18. The van der Waals surface area contributed by atoms with E-state index in [4.69, 9.17) is 0 Å². The maximum Gasteiger partial charge on any atom is 0.401 e. The number of halogens is 4. The van der Waals surface area contributed by atoms with E-state index in [0.717, 1.165) is 12.3 Å². The molecule has 20 heavy (non-hydrogen) atoms. The van der Waals surface area contributed by atoms with Gasteiger partial charge in [0.05, 0.1) is 6.54 Å². The molecule has 4 nitrogen and oxygen atoms in total. The Labute approximate surface area is 140 Å². The quantitative estimate of drug-likeness (QED) is 0.269. The highest BCUT2D eigenvalue weighted by Crippen LogP contribution is 2.15. The summed E-state index contributed by atoms with van der Waals surface area (Å²) in [6.45, 7) is 0.942. The highest BCUT2D eigenvalue weighted by atomic mass is 127. The van der Waals surface area contributed by atoms with Crippen molar-refractivity contribution in [3.05, 3.63) is 0 Å². The van der Waals surface area contributed by atoms with E-state index >= 15 is 0 Å². The number of rotatable bonds is 8. The lowest BCUT2D eigenvalue weighted by Crippen LogP contribution is -2.40. The number of guanidine groups is 1. The van der Waals surface area contributed by atoms with Crippen molar-refractivity contribution in [2.24, 2.45) is 4.99 Å². The third kappa shape index (κ3) is 14.5.